The smallest absolute Gasteiger partial charge is 0.315 e. The summed E-state index contributed by atoms with van der Waals surface area (Å²) in [5.74, 6) is 0.388. The van der Waals surface area contributed by atoms with E-state index >= 15 is 0 Å². The van der Waals surface area contributed by atoms with Gasteiger partial charge in [0.15, 0.2) is 5.13 Å². The minimum absolute atomic E-state index is 0.355. The van der Waals surface area contributed by atoms with Crippen LogP contribution >= 0.6 is 23.1 Å². The van der Waals surface area contributed by atoms with E-state index in [0.717, 1.165) is 15.5 Å². The van der Waals surface area contributed by atoms with E-state index in [4.69, 9.17) is 4.42 Å². The first-order valence-electron chi connectivity index (χ1n) is 8.39. The lowest BCUT2D eigenvalue weighted by atomic mass is 10.2. The number of benzene rings is 1. The van der Waals surface area contributed by atoms with Crippen molar-refractivity contribution in [3.05, 3.63) is 60.5 Å². The molecule has 0 atom stereocenters. The van der Waals surface area contributed by atoms with Crippen LogP contribution in [0, 0.1) is 0 Å². The van der Waals surface area contributed by atoms with Crippen LogP contribution in [0.2, 0.25) is 0 Å². The number of hydrogen-bond donors (Lipinski definition) is 2. The molecule has 9 heteroatoms. The van der Waals surface area contributed by atoms with Gasteiger partial charge >= 0.3 is 11.8 Å². The number of thioether (sulfide) groups is 1. The highest BCUT2D eigenvalue weighted by Crippen LogP contribution is 2.31. The number of carbonyl (C=O) groups excluding carboxylic acids is 2. The van der Waals surface area contributed by atoms with Gasteiger partial charge in [-0.05, 0) is 31.6 Å². The van der Waals surface area contributed by atoms with E-state index in [9.17, 15) is 9.59 Å². The Labute approximate surface area is 170 Å². The Morgan fingerprint density at radius 2 is 1.89 bits per heavy atom. The Morgan fingerprint density at radius 1 is 1.14 bits per heavy atom. The van der Waals surface area contributed by atoms with Crippen LogP contribution in [0.5, 0.6) is 0 Å². The number of allylic oxidation sites excluding steroid dienone is 2. The van der Waals surface area contributed by atoms with E-state index in [1.807, 2.05) is 26.0 Å². The van der Waals surface area contributed by atoms with Crippen molar-refractivity contribution < 1.29 is 14.0 Å². The molecule has 0 saturated carbocycles. The standard InChI is InChI=1S/C19H18N4O3S2/c1-3-12(2)14-9-20-15(26-14)11-27-16-10-21-19(28-16)23-18(25)17(24)22-13-7-5-4-6-8-13/h3-10H,11H2,1-2H3,(H,22,24)(H,21,23,25)/b12-3-. The fourth-order valence-corrected chi connectivity index (χ4v) is 3.80. The van der Waals surface area contributed by atoms with Crippen molar-refractivity contribution in [2.75, 3.05) is 10.6 Å². The third-order valence-electron chi connectivity index (χ3n) is 3.66. The molecule has 0 radical (unpaired) electrons. The Morgan fingerprint density at radius 3 is 2.64 bits per heavy atom. The van der Waals surface area contributed by atoms with Gasteiger partial charge in [0.25, 0.3) is 0 Å². The van der Waals surface area contributed by atoms with E-state index in [2.05, 4.69) is 20.6 Å². The third-order valence-corrected chi connectivity index (χ3v) is 5.75. The van der Waals surface area contributed by atoms with Crippen molar-refractivity contribution in [3.63, 3.8) is 0 Å². The van der Waals surface area contributed by atoms with Gasteiger partial charge in [0.1, 0.15) is 5.76 Å². The van der Waals surface area contributed by atoms with Gasteiger partial charge in [-0.1, -0.05) is 35.6 Å². The summed E-state index contributed by atoms with van der Waals surface area (Å²) >= 11 is 2.77. The molecule has 0 aliphatic heterocycles. The lowest BCUT2D eigenvalue weighted by Crippen LogP contribution is -2.28. The van der Waals surface area contributed by atoms with Gasteiger partial charge in [-0.25, -0.2) is 9.97 Å². The molecule has 0 saturated heterocycles. The second kappa shape index (κ2) is 9.34. The van der Waals surface area contributed by atoms with Crippen molar-refractivity contribution >= 4 is 51.3 Å². The molecule has 1 aromatic carbocycles. The van der Waals surface area contributed by atoms with Gasteiger partial charge < -0.3 is 9.73 Å². The van der Waals surface area contributed by atoms with Crippen LogP contribution in [0.4, 0.5) is 10.8 Å². The molecule has 0 spiro atoms. The van der Waals surface area contributed by atoms with Crippen molar-refractivity contribution in [3.8, 4) is 0 Å². The molecule has 0 aliphatic carbocycles. The monoisotopic (exact) mass is 414 g/mol. The normalized spacial score (nSPS) is 11.3. The zero-order valence-electron chi connectivity index (χ0n) is 15.3. The predicted molar refractivity (Wildman–Crippen MR) is 111 cm³/mol. The summed E-state index contributed by atoms with van der Waals surface area (Å²) in [6.45, 7) is 3.91. The van der Waals surface area contributed by atoms with Gasteiger partial charge in [-0.3, -0.25) is 14.9 Å². The third kappa shape index (κ3) is 5.30. The van der Waals surface area contributed by atoms with E-state index in [1.165, 1.54) is 23.1 Å². The minimum Gasteiger partial charge on any atom is -0.440 e. The van der Waals surface area contributed by atoms with Crippen molar-refractivity contribution in [1.82, 2.24) is 9.97 Å². The summed E-state index contributed by atoms with van der Waals surface area (Å²) < 4.78 is 6.55. The highest BCUT2D eigenvalue weighted by molar-refractivity contribution is 8.00. The number of carbonyl (C=O) groups is 2. The molecule has 3 rings (SSSR count). The van der Waals surface area contributed by atoms with Crippen LogP contribution in [-0.2, 0) is 15.3 Å². The molecule has 0 unspecified atom stereocenters. The number of para-hydroxylation sites is 1. The van der Waals surface area contributed by atoms with E-state index in [-0.39, 0.29) is 0 Å². The molecule has 28 heavy (non-hydrogen) atoms. The maximum Gasteiger partial charge on any atom is 0.315 e. The first kappa shape index (κ1) is 19.8. The number of aromatic nitrogens is 2. The average molecular weight is 415 g/mol. The molecule has 3 aromatic rings. The number of nitrogens with one attached hydrogen (secondary N) is 2. The van der Waals surface area contributed by atoms with E-state index in [0.29, 0.717) is 22.5 Å². The quantitative estimate of drug-likeness (QED) is 0.458. The van der Waals surface area contributed by atoms with Crippen LogP contribution in [0.3, 0.4) is 0 Å². The molecule has 2 N–H and O–H groups in total. The van der Waals surface area contributed by atoms with Crippen molar-refractivity contribution in [1.29, 1.82) is 0 Å². The second-order valence-corrected chi connectivity index (χ2v) is 7.94. The number of rotatable bonds is 6. The zero-order chi connectivity index (χ0) is 19.9. The predicted octanol–water partition coefficient (Wildman–Crippen LogP) is 4.42. The number of thiazole rings is 1. The SMILES string of the molecule is C/C=C(/C)c1cnc(CSc2cnc(NC(=O)C(=O)Nc3ccccc3)s2)o1. The van der Waals surface area contributed by atoms with E-state index < -0.39 is 11.8 Å². The van der Waals surface area contributed by atoms with Crippen LogP contribution < -0.4 is 10.6 Å². The number of amides is 2. The number of hydrogen-bond acceptors (Lipinski definition) is 7. The van der Waals surface area contributed by atoms with Crippen LogP contribution in [0.1, 0.15) is 25.5 Å². The molecule has 2 amide bonds. The molecular formula is C19H18N4O3S2. The molecular weight excluding hydrogens is 396 g/mol. The average Bonchev–Trinajstić information content (AvgIpc) is 3.36. The highest BCUT2D eigenvalue weighted by atomic mass is 32.2. The maximum absolute atomic E-state index is 12.0. The Hall–Kier alpha value is -2.91. The fraction of sp³-hybridized carbons (Fsp3) is 0.158. The lowest BCUT2D eigenvalue weighted by molar-refractivity contribution is -0.132. The Bertz CT molecular complexity index is 996. The van der Waals surface area contributed by atoms with Gasteiger partial charge in [-0.15, -0.1) is 11.8 Å². The first-order chi connectivity index (χ1) is 13.5. The summed E-state index contributed by atoms with van der Waals surface area (Å²) in [4.78, 5) is 32.3. The molecule has 2 heterocycles. The van der Waals surface area contributed by atoms with Gasteiger partial charge in [0, 0.05) is 5.69 Å². The van der Waals surface area contributed by atoms with Gasteiger partial charge in [-0.2, -0.15) is 0 Å². The second-order valence-electron chi connectivity index (χ2n) is 5.64. The Balaban J connectivity index is 1.51. The summed E-state index contributed by atoms with van der Waals surface area (Å²) in [5.41, 5.74) is 1.58. The lowest BCUT2D eigenvalue weighted by Gasteiger charge is -2.03. The van der Waals surface area contributed by atoms with E-state index in [1.54, 1.807) is 36.7 Å². The zero-order valence-corrected chi connectivity index (χ0v) is 16.9. The van der Waals surface area contributed by atoms with Crippen molar-refractivity contribution in [2.45, 2.75) is 23.8 Å². The van der Waals surface area contributed by atoms with Crippen molar-refractivity contribution in [2.24, 2.45) is 0 Å². The summed E-state index contributed by atoms with van der Waals surface area (Å²) in [6.07, 6.45) is 5.31. The largest absolute Gasteiger partial charge is 0.440 e. The number of nitrogens with zero attached hydrogens (tertiary/aromatic N) is 2. The summed E-state index contributed by atoms with van der Waals surface area (Å²) in [6, 6.07) is 8.78. The molecule has 144 valence electrons. The highest BCUT2D eigenvalue weighted by Gasteiger charge is 2.16. The van der Waals surface area contributed by atoms with Crippen LogP contribution in [0.15, 0.2) is 57.4 Å². The topological polar surface area (TPSA) is 97.1 Å². The minimum atomic E-state index is -0.770. The first-order valence-corrected chi connectivity index (χ1v) is 10.2. The maximum atomic E-state index is 12.0. The molecule has 2 aromatic heterocycles. The fourth-order valence-electron chi connectivity index (χ4n) is 2.08. The molecule has 0 bridgehead atoms. The molecule has 0 fully saturated rings. The molecule has 7 nitrogen and oxygen atoms in total. The van der Waals surface area contributed by atoms with Crippen LogP contribution in [0.25, 0.3) is 5.57 Å². The van der Waals surface area contributed by atoms with Gasteiger partial charge in [0.05, 0.1) is 22.4 Å². The Kier molecular flexibility index (Phi) is 6.62. The summed E-state index contributed by atoms with van der Waals surface area (Å²) in [7, 11) is 0. The number of anilines is 2. The molecule has 0 aliphatic rings. The summed E-state index contributed by atoms with van der Waals surface area (Å²) in [5, 5.41) is 5.39. The van der Waals surface area contributed by atoms with Gasteiger partial charge in [0.2, 0.25) is 5.89 Å². The van der Waals surface area contributed by atoms with Crippen LogP contribution in [-0.4, -0.2) is 21.8 Å². The number of oxazole rings is 1.